The molecule has 17 heavy (non-hydrogen) atoms. The maximum absolute atomic E-state index is 4.60. The van der Waals surface area contributed by atoms with Gasteiger partial charge in [0.2, 0.25) is 0 Å². The Kier molecular flexibility index (Phi) is 6.14. The molecule has 0 aromatic carbocycles. The molecule has 1 unspecified atom stereocenters. The van der Waals surface area contributed by atoms with Crippen molar-refractivity contribution in [1.82, 2.24) is 10.3 Å². The van der Waals surface area contributed by atoms with Crippen LogP contribution in [-0.2, 0) is 6.42 Å². The number of hydrogen-bond donors (Lipinski definition) is 1. The number of nitrogens with zero attached hydrogens (tertiary/aromatic N) is 1. The molecule has 0 amide bonds. The quantitative estimate of drug-likeness (QED) is 0.714. The predicted molar refractivity (Wildman–Crippen MR) is 76.7 cm³/mol. The Morgan fingerprint density at radius 3 is 2.65 bits per heavy atom. The van der Waals surface area contributed by atoms with Gasteiger partial charge in [0.1, 0.15) is 0 Å². The molecule has 3 heteroatoms. The fourth-order valence-corrected chi connectivity index (χ4v) is 3.25. The molecule has 0 aliphatic rings. The van der Waals surface area contributed by atoms with Gasteiger partial charge in [-0.05, 0) is 31.7 Å². The summed E-state index contributed by atoms with van der Waals surface area (Å²) in [5.74, 6) is 0. The van der Waals surface area contributed by atoms with Gasteiger partial charge in [-0.1, -0.05) is 27.2 Å². The van der Waals surface area contributed by atoms with Gasteiger partial charge in [-0.2, -0.15) is 0 Å². The van der Waals surface area contributed by atoms with Crippen LogP contribution in [0.3, 0.4) is 0 Å². The Bertz CT molecular complexity index is 322. The second-order valence-corrected chi connectivity index (χ2v) is 6.24. The largest absolute Gasteiger partial charge is 0.316 e. The van der Waals surface area contributed by atoms with E-state index >= 15 is 0 Å². The molecule has 0 saturated carbocycles. The smallest absolute Gasteiger partial charge is 0.0934 e. The molecular weight excluding hydrogens is 228 g/mol. The average Bonchev–Trinajstić information content (AvgIpc) is 2.64. The number of thiazole rings is 1. The summed E-state index contributed by atoms with van der Waals surface area (Å²) in [6, 6.07) is 0. The first-order valence-electron chi connectivity index (χ1n) is 6.71. The first-order valence-corrected chi connectivity index (χ1v) is 7.59. The number of aryl methyl sites for hydroxylation is 1. The Balaban J connectivity index is 2.56. The number of hydrogen-bond acceptors (Lipinski definition) is 3. The lowest BCUT2D eigenvalue weighted by Crippen LogP contribution is -2.34. The van der Waals surface area contributed by atoms with Crippen LogP contribution in [0.2, 0.25) is 0 Å². The highest BCUT2D eigenvalue weighted by atomic mass is 32.1. The van der Waals surface area contributed by atoms with E-state index in [9.17, 15) is 0 Å². The van der Waals surface area contributed by atoms with Gasteiger partial charge < -0.3 is 5.32 Å². The molecule has 0 spiro atoms. The van der Waals surface area contributed by atoms with Crippen molar-refractivity contribution in [3.05, 3.63) is 16.1 Å². The predicted octanol–water partition coefficient (Wildman–Crippen LogP) is 3.80. The summed E-state index contributed by atoms with van der Waals surface area (Å²) in [5, 5.41) is 7.01. The SMILES string of the molecule is CCCNCC(C)(CCC)Cc1nc(C)cs1. The molecule has 1 N–H and O–H groups in total. The van der Waals surface area contributed by atoms with E-state index in [1.165, 1.54) is 24.3 Å². The van der Waals surface area contributed by atoms with Gasteiger partial charge in [0.25, 0.3) is 0 Å². The standard InChI is InChI=1S/C14H26N2S/c1-5-7-14(4,11-15-8-6-2)9-13-16-12(3)10-17-13/h10,15H,5-9,11H2,1-4H3. The zero-order valence-electron chi connectivity index (χ0n) is 11.7. The molecule has 98 valence electrons. The Morgan fingerprint density at radius 1 is 1.35 bits per heavy atom. The van der Waals surface area contributed by atoms with Crippen LogP contribution < -0.4 is 5.32 Å². The van der Waals surface area contributed by atoms with E-state index < -0.39 is 0 Å². The minimum atomic E-state index is 0.355. The van der Waals surface area contributed by atoms with Crippen molar-refractivity contribution in [3.8, 4) is 0 Å². The number of aromatic nitrogens is 1. The molecule has 1 heterocycles. The highest BCUT2D eigenvalue weighted by Crippen LogP contribution is 2.28. The van der Waals surface area contributed by atoms with Crippen LogP contribution in [0, 0.1) is 12.3 Å². The minimum absolute atomic E-state index is 0.355. The highest BCUT2D eigenvalue weighted by Gasteiger charge is 2.24. The molecule has 0 radical (unpaired) electrons. The molecule has 1 rings (SSSR count). The fourth-order valence-electron chi connectivity index (χ4n) is 2.26. The molecule has 1 aromatic heterocycles. The van der Waals surface area contributed by atoms with Crippen LogP contribution >= 0.6 is 11.3 Å². The van der Waals surface area contributed by atoms with Crippen LogP contribution in [0.25, 0.3) is 0 Å². The third-order valence-electron chi connectivity index (χ3n) is 3.08. The zero-order chi connectivity index (χ0) is 12.7. The van der Waals surface area contributed by atoms with E-state index in [2.05, 4.69) is 43.4 Å². The van der Waals surface area contributed by atoms with Crippen LogP contribution in [-0.4, -0.2) is 18.1 Å². The summed E-state index contributed by atoms with van der Waals surface area (Å²) in [6.07, 6.45) is 4.83. The van der Waals surface area contributed by atoms with Crippen molar-refractivity contribution < 1.29 is 0 Å². The second kappa shape index (κ2) is 7.12. The average molecular weight is 254 g/mol. The summed E-state index contributed by atoms with van der Waals surface area (Å²) >= 11 is 1.80. The van der Waals surface area contributed by atoms with E-state index in [-0.39, 0.29) is 0 Å². The van der Waals surface area contributed by atoms with Crippen molar-refractivity contribution in [3.63, 3.8) is 0 Å². The molecule has 0 bridgehead atoms. The monoisotopic (exact) mass is 254 g/mol. The van der Waals surface area contributed by atoms with Gasteiger partial charge in [-0.15, -0.1) is 11.3 Å². The van der Waals surface area contributed by atoms with E-state index in [4.69, 9.17) is 0 Å². The molecule has 0 aliphatic heterocycles. The normalized spacial score (nSPS) is 14.8. The van der Waals surface area contributed by atoms with Crippen molar-refractivity contribution in [2.45, 2.75) is 53.4 Å². The maximum atomic E-state index is 4.60. The van der Waals surface area contributed by atoms with Crippen LogP contribution in [0.5, 0.6) is 0 Å². The lowest BCUT2D eigenvalue weighted by atomic mass is 9.82. The fraction of sp³-hybridized carbons (Fsp3) is 0.786. The zero-order valence-corrected chi connectivity index (χ0v) is 12.5. The topological polar surface area (TPSA) is 24.9 Å². The highest BCUT2D eigenvalue weighted by molar-refractivity contribution is 7.09. The van der Waals surface area contributed by atoms with E-state index in [1.807, 2.05) is 0 Å². The summed E-state index contributed by atoms with van der Waals surface area (Å²) in [5.41, 5.74) is 1.51. The Labute approximate surface area is 110 Å². The summed E-state index contributed by atoms with van der Waals surface area (Å²) in [7, 11) is 0. The van der Waals surface area contributed by atoms with Crippen molar-refractivity contribution in [2.24, 2.45) is 5.41 Å². The van der Waals surface area contributed by atoms with Crippen molar-refractivity contribution in [1.29, 1.82) is 0 Å². The van der Waals surface area contributed by atoms with Gasteiger partial charge >= 0.3 is 0 Å². The third-order valence-corrected chi connectivity index (χ3v) is 4.04. The number of rotatable bonds is 8. The number of nitrogens with one attached hydrogen (secondary N) is 1. The van der Waals surface area contributed by atoms with E-state index in [0.717, 1.165) is 25.2 Å². The molecule has 0 saturated heterocycles. The maximum Gasteiger partial charge on any atom is 0.0934 e. The van der Waals surface area contributed by atoms with Gasteiger partial charge in [0, 0.05) is 24.0 Å². The minimum Gasteiger partial charge on any atom is -0.316 e. The van der Waals surface area contributed by atoms with Crippen LogP contribution in [0.15, 0.2) is 5.38 Å². The van der Waals surface area contributed by atoms with E-state index in [1.54, 1.807) is 11.3 Å². The lowest BCUT2D eigenvalue weighted by molar-refractivity contribution is 0.275. The molecular formula is C14H26N2S. The second-order valence-electron chi connectivity index (χ2n) is 5.30. The first-order chi connectivity index (χ1) is 8.09. The van der Waals surface area contributed by atoms with Crippen molar-refractivity contribution >= 4 is 11.3 Å². The lowest BCUT2D eigenvalue weighted by Gasteiger charge is -2.29. The van der Waals surface area contributed by atoms with Gasteiger partial charge in [-0.25, -0.2) is 4.98 Å². The molecule has 1 atom stereocenters. The third kappa shape index (κ3) is 5.17. The first kappa shape index (κ1) is 14.7. The molecule has 1 aromatic rings. The van der Waals surface area contributed by atoms with E-state index in [0.29, 0.717) is 5.41 Å². The molecule has 0 fully saturated rings. The summed E-state index contributed by atoms with van der Waals surface area (Å²) < 4.78 is 0. The summed E-state index contributed by atoms with van der Waals surface area (Å²) in [6.45, 7) is 11.2. The van der Waals surface area contributed by atoms with Gasteiger partial charge in [0.15, 0.2) is 0 Å². The van der Waals surface area contributed by atoms with Gasteiger partial charge in [0.05, 0.1) is 5.01 Å². The van der Waals surface area contributed by atoms with Crippen molar-refractivity contribution in [2.75, 3.05) is 13.1 Å². The molecule has 0 aliphatic carbocycles. The van der Waals surface area contributed by atoms with Crippen LogP contribution in [0.1, 0.15) is 50.7 Å². The Morgan fingerprint density at radius 2 is 2.12 bits per heavy atom. The van der Waals surface area contributed by atoms with Crippen LogP contribution in [0.4, 0.5) is 0 Å². The Hall–Kier alpha value is -0.410. The molecule has 2 nitrogen and oxygen atoms in total. The summed E-state index contributed by atoms with van der Waals surface area (Å²) in [4.78, 5) is 4.60. The van der Waals surface area contributed by atoms with Gasteiger partial charge in [-0.3, -0.25) is 0 Å².